The van der Waals surface area contributed by atoms with Crippen LogP contribution in [-0.4, -0.2) is 41.0 Å². The maximum absolute atomic E-state index is 5.57. The molecule has 1 aliphatic rings. The first-order valence-corrected chi connectivity index (χ1v) is 7.13. The van der Waals surface area contributed by atoms with Gasteiger partial charge in [0.2, 0.25) is 5.89 Å². The summed E-state index contributed by atoms with van der Waals surface area (Å²) in [6.45, 7) is 4.01. The zero-order valence-electron chi connectivity index (χ0n) is 11.2. The highest BCUT2D eigenvalue weighted by atomic mass is 32.1. The Morgan fingerprint density at radius 3 is 2.65 bits per heavy atom. The molecule has 20 heavy (non-hydrogen) atoms. The van der Waals surface area contributed by atoms with Gasteiger partial charge in [0.25, 0.3) is 4.84 Å². The molecule has 5 nitrogen and oxygen atoms in total. The Bertz CT molecular complexity index is 602. The van der Waals surface area contributed by atoms with E-state index in [1.54, 1.807) is 4.68 Å². The molecule has 3 rings (SSSR count). The second kappa shape index (κ2) is 6.30. The van der Waals surface area contributed by atoms with Gasteiger partial charge in [-0.1, -0.05) is 30.3 Å². The first-order chi connectivity index (χ1) is 9.81. The average molecular weight is 291 g/mol. The molecular formula is C14H17N3O2S. The molecule has 0 saturated carbocycles. The van der Waals surface area contributed by atoms with Crippen molar-refractivity contribution < 1.29 is 9.15 Å². The van der Waals surface area contributed by atoms with Crippen LogP contribution in [-0.2, 0) is 17.8 Å². The summed E-state index contributed by atoms with van der Waals surface area (Å²) in [7, 11) is 0. The van der Waals surface area contributed by atoms with Gasteiger partial charge >= 0.3 is 0 Å². The second-order valence-corrected chi connectivity index (χ2v) is 5.14. The Morgan fingerprint density at radius 2 is 1.90 bits per heavy atom. The van der Waals surface area contributed by atoms with Crippen molar-refractivity contribution in [2.45, 2.75) is 13.1 Å². The van der Waals surface area contributed by atoms with Crippen molar-refractivity contribution in [3.63, 3.8) is 0 Å². The molecule has 0 atom stereocenters. The zero-order chi connectivity index (χ0) is 13.8. The molecule has 0 unspecified atom stereocenters. The number of rotatable bonds is 4. The minimum absolute atomic E-state index is 0.433. The molecule has 1 saturated heterocycles. The molecule has 2 heterocycles. The van der Waals surface area contributed by atoms with Crippen LogP contribution in [0.1, 0.15) is 11.5 Å². The molecule has 1 aromatic carbocycles. The van der Waals surface area contributed by atoms with Crippen LogP contribution in [0.2, 0.25) is 0 Å². The van der Waals surface area contributed by atoms with Gasteiger partial charge < -0.3 is 9.15 Å². The highest BCUT2D eigenvalue weighted by Crippen LogP contribution is 2.09. The Morgan fingerprint density at radius 1 is 1.15 bits per heavy atom. The first kappa shape index (κ1) is 13.5. The van der Waals surface area contributed by atoms with Crippen molar-refractivity contribution in [3.8, 4) is 0 Å². The lowest BCUT2D eigenvalue weighted by atomic mass is 10.2. The fourth-order valence-electron chi connectivity index (χ4n) is 2.21. The number of ether oxygens (including phenoxy) is 1. The molecule has 0 bridgehead atoms. The van der Waals surface area contributed by atoms with Gasteiger partial charge in [-0.25, -0.2) is 4.68 Å². The zero-order valence-corrected chi connectivity index (χ0v) is 12.0. The summed E-state index contributed by atoms with van der Waals surface area (Å²) in [6, 6.07) is 10.1. The van der Waals surface area contributed by atoms with Gasteiger partial charge in [0, 0.05) is 13.1 Å². The number of nitrogens with zero attached hydrogens (tertiary/aromatic N) is 3. The first-order valence-electron chi connectivity index (χ1n) is 6.72. The summed E-state index contributed by atoms with van der Waals surface area (Å²) in [6.07, 6.45) is 0.667. The van der Waals surface area contributed by atoms with Crippen molar-refractivity contribution in [2.75, 3.05) is 26.3 Å². The molecule has 1 aromatic heterocycles. The molecule has 0 N–H and O–H groups in total. The van der Waals surface area contributed by atoms with E-state index in [1.165, 1.54) is 5.56 Å². The predicted molar refractivity (Wildman–Crippen MR) is 77.0 cm³/mol. The van der Waals surface area contributed by atoms with E-state index in [4.69, 9.17) is 21.4 Å². The summed E-state index contributed by atoms with van der Waals surface area (Å²) in [5.41, 5.74) is 1.17. The standard InChI is InChI=1S/C14H17N3O2S/c20-14-17(11-16-6-8-18-9-7-16)15-13(19-14)10-12-4-2-1-3-5-12/h1-5H,6-11H2. The van der Waals surface area contributed by atoms with Crippen LogP contribution in [0.4, 0.5) is 0 Å². The van der Waals surface area contributed by atoms with E-state index < -0.39 is 0 Å². The van der Waals surface area contributed by atoms with Crippen LogP contribution in [0.25, 0.3) is 0 Å². The topological polar surface area (TPSA) is 43.4 Å². The number of hydrogen-bond acceptors (Lipinski definition) is 5. The monoisotopic (exact) mass is 291 g/mol. The Balaban J connectivity index is 1.69. The molecule has 2 aromatic rings. The molecule has 0 radical (unpaired) electrons. The van der Waals surface area contributed by atoms with Gasteiger partial charge in [-0.05, 0) is 17.8 Å². The van der Waals surface area contributed by atoms with Crippen LogP contribution in [0.5, 0.6) is 0 Å². The van der Waals surface area contributed by atoms with E-state index >= 15 is 0 Å². The van der Waals surface area contributed by atoms with E-state index in [0.717, 1.165) is 26.3 Å². The third-order valence-electron chi connectivity index (χ3n) is 3.28. The van der Waals surface area contributed by atoms with E-state index in [0.29, 0.717) is 23.8 Å². The largest absolute Gasteiger partial charge is 0.414 e. The summed E-state index contributed by atoms with van der Waals surface area (Å²) in [4.78, 5) is 2.69. The summed E-state index contributed by atoms with van der Waals surface area (Å²) < 4.78 is 12.6. The van der Waals surface area contributed by atoms with Gasteiger partial charge in [0.1, 0.15) is 0 Å². The van der Waals surface area contributed by atoms with Crippen LogP contribution < -0.4 is 0 Å². The van der Waals surface area contributed by atoms with E-state index in [-0.39, 0.29) is 0 Å². The van der Waals surface area contributed by atoms with Crippen molar-refractivity contribution >= 4 is 12.2 Å². The van der Waals surface area contributed by atoms with Gasteiger partial charge in [0.15, 0.2) is 0 Å². The molecular weight excluding hydrogens is 274 g/mol. The normalized spacial score (nSPS) is 16.4. The highest BCUT2D eigenvalue weighted by Gasteiger charge is 2.13. The molecule has 1 aliphatic heterocycles. The van der Waals surface area contributed by atoms with Crippen LogP contribution in [0, 0.1) is 4.84 Å². The maximum atomic E-state index is 5.57. The maximum Gasteiger partial charge on any atom is 0.288 e. The van der Waals surface area contributed by atoms with Crippen LogP contribution in [0.15, 0.2) is 34.7 Å². The van der Waals surface area contributed by atoms with E-state index in [2.05, 4.69) is 22.1 Å². The SMILES string of the molecule is S=c1oc(Cc2ccccc2)nn1CN1CCOCC1. The number of morpholine rings is 1. The summed E-state index contributed by atoms with van der Waals surface area (Å²) in [5, 5.41) is 4.46. The van der Waals surface area contributed by atoms with E-state index in [1.807, 2.05) is 18.2 Å². The molecule has 0 amide bonds. The van der Waals surface area contributed by atoms with Gasteiger partial charge in [-0.2, -0.15) is 0 Å². The lowest BCUT2D eigenvalue weighted by Crippen LogP contribution is -2.37. The Labute approximate surface area is 122 Å². The summed E-state index contributed by atoms with van der Waals surface area (Å²) >= 11 is 5.23. The molecule has 6 heteroatoms. The third kappa shape index (κ3) is 3.33. The average Bonchev–Trinajstić information content (AvgIpc) is 2.81. The number of benzene rings is 1. The second-order valence-electron chi connectivity index (χ2n) is 4.80. The minimum atomic E-state index is 0.433. The lowest BCUT2D eigenvalue weighted by Gasteiger charge is -2.25. The molecule has 0 aliphatic carbocycles. The fraction of sp³-hybridized carbons (Fsp3) is 0.429. The molecule has 1 fully saturated rings. The fourth-order valence-corrected chi connectivity index (χ4v) is 2.41. The quantitative estimate of drug-likeness (QED) is 0.807. The molecule has 0 spiro atoms. The minimum Gasteiger partial charge on any atom is -0.414 e. The number of hydrogen-bond donors (Lipinski definition) is 0. The smallest absolute Gasteiger partial charge is 0.288 e. The Kier molecular flexibility index (Phi) is 4.25. The van der Waals surface area contributed by atoms with Crippen molar-refractivity contribution in [3.05, 3.63) is 46.6 Å². The summed E-state index contributed by atoms with van der Waals surface area (Å²) in [5.74, 6) is 0.662. The van der Waals surface area contributed by atoms with E-state index in [9.17, 15) is 0 Å². The Hall–Kier alpha value is -1.50. The lowest BCUT2D eigenvalue weighted by molar-refractivity contribution is 0.0206. The highest BCUT2D eigenvalue weighted by molar-refractivity contribution is 7.71. The predicted octanol–water partition coefficient (Wildman–Crippen LogP) is 2.09. The van der Waals surface area contributed by atoms with Crippen LogP contribution >= 0.6 is 12.2 Å². The number of aromatic nitrogens is 2. The van der Waals surface area contributed by atoms with Crippen molar-refractivity contribution in [2.24, 2.45) is 0 Å². The van der Waals surface area contributed by atoms with Crippen molar-refractivity contribution in [1.29, 1.82) is 0 Å². The third-order valence-corrected chi connectivity index (χ3v) is 3.58. The van der Waals surface area contributed by atoms with Crippen molar-refractivity contribution in [1.82, 2.24) is 14.7 Å². The van der Waals surface area contributed by atoms with Crippen LogP contribution in [0.3, 0.4) is 0 Å². The van der Waals surface area contributed by atoms with Gasteiger partial charge in [0.05, 0.1) is 26.3 Å². The van der Waals surface area contributed by atoms with Gasteiger partial charge in [-0.3, -0.25) is 4.90 Å². The molecule has 106 valence electrons. The van der Waals surface area contributed by atoms with Gasteiger partial charge in [-0.15, -0.1) is 5.10 Å².